The van der Waals surface area contributed by atoms with E-state index >= 15 is 0 Å². The summed E-state index contributed by atoms with van der Waals surface area (Å²) in [7, 11) is 15.7. The van der Waals surface area contributed by atoms with Crippen LogP contribution in [-0.4, -0.2) is 36.0 Å². The van der Waals surface area contributed by atoms with Crippen LogP contribution in [0.4, 0.5) is 0 Å². The van der Waals surface area contributed by atoms with Crippen LogP contribution in [0.15, 0.2) is 0 Å². The van der Waals surface area contributed by atoms with Gasteiger partial charge in [0.15, 0.2) is 0 Å². The standard InChI is InChI=1S/C7H13N3/c1-9(2)6-7-10(3)5-4-8/h1-3H,4-8H2. The molecule has 0 rings (SSSR count). The highest BCUT2D eigenvalue weighted by atomic mass is 15.1. The topological polar surface area (TPSA) is 32.5 Å². The van der Waals surface area contributed by atoms with E-state index in [0.29, 0.717) is 26.2 Å². The van der Waals surface area contributed by atoms with Gasteiger partial charge in [0.05, 0.1) is 0 Å². The van der Waals surface area contributed by atoms with Gasteiger partial charge in [0, 0.05) is 47.3 Å². The summed E-state index contributed by atoms with van der Waals surface area (Å²) in [4.78, 5) is 2.67. The first-order chi connectivity index (χ1) is 4.66. The molecule has 0 saturated carbocycles. The van der Waals surface area contributed by atoms with Gasteiger partial charge in [-0.05, 0) is 0 Å². The Bertz CT molecular complexity index is 73.3. The molecule has 0 aromatic carbocycles. The average Bonchev–Trinajstić information content (AvgIpc) is 1.85. The number of hydrogen-bond acceptors (Lipinski definition) is 3. The summed E-state index contributed by atoms with van der Waals surface area (Å²) >= 11 is 0. The Morgan fingerprint density at radius 1 is 1.00 bits per heavy atom. The van der Waals surface area contributed by atoms with Gasteiger partial charge in [-0.2, -0.15) is 0 Å². The van der Waals surface area contributed by atoms with E-state index in [9.17, 15) is 0 Å². The van der Waals surface area contributed by atoms with Crippen molar-refractivity contribution >= 4 is 0 Å². The predicted molar refractivity (Wildman–Crippen MR) is 40.2 cm³/mol. The fourth-order valence-corrected chi connectivity index (χ4v) is 0.522. The molecule has 0 atom stereocenters. The van der Waals surface area contributed by atoms with Crippen molar-refractivity contribution in [1.29, 1.82) is 0 Å². The summed E-state index contributed by atoms with van der Waals surface area (Å²) in [5.74, 6) is 0. The third-order valence-corrected chi connectivity index (χ3v) is 1.06. The quantitative estimate of drug-likeness (QED) is 0.524. The first-order valence-electron chi connectivity index (χ1n) is 3.13. The van der Waals surface area contributed by atoms with E-state index in [-0.39, 0.29) is 0 Å². The lowest BCUT2D eigenvalue weighted by molar-refractivity contribution is 0.335. The minimum absolute atomic E-state index is 0.538. The summed E-state index contributed by atoms with van der Waals surface area (Å²) in [5, 5.41) is 0. The van der Waals surface area contributed by atoms with Crippen LogP contribution in [-0.2, 0) is 0 Å². The van der Waals surface area contributed by atoms with E-state index in [0.717, 1.165) is 4.90 Å². The van der Waals surface area contributed by atoms with Crippen LogP contribution in [0.1, 0.15) is 0 Å². The Morgan fingerprint density at radius 3 is 2.00 bits per heavy atom. The predicted octanol–water partition coefficient (Wildman–Crippen LogP) is -0.445. The van der Waals surface area contributed by atoms with Crippen LogP contribution < -0.4 is 5.73 Å². The smallest absolute Gasteiger partial charge is 0.0443 e. The summed E-state index contributed by atoms with van der Waals surface area (Å²) in [5.41, 5.74) is 5.24. The molecule has 6 radical (unpaired) electrons. The maximum Gasteiger partial charge on any atom is 0.0443 e. The van der Waals surface area contributed by atoms with Crippen molar-refractivity contribution in [2.24, 2.45) is 5.73 Å². The number of nitrogens with two attached hydrogens (primary N) is 1. The highest BCUT2D eigenvalue weighted by molar-refractivity contribution is 4.60. The average molecular weight is 139 g/mol. The largest absolute Gasteiger partial charge is 0.329 e. The molecule has 0 bridgehead atoms. The maximum absolute atomic E-state index is 5.45. The van der Waals surface area contributed by atoms with Gasteiger partial charge >= 0.3 is 0 Å². The molecule has 10 heavy (non-hydrogen) atoms. The van der Waals surface area contributed by atoms with Gasteiger partial charge < -0.3 is 5.73 Å². The Hall–Kier alpha value is -0.120. The second-order valence-electron chi connectivity index (χ2n) is 2.06. The van der Waals surface area contributed by atoms with Gasteiger partial charge in [0.2, 0.25) is 0 Å². The van der Waals surface area contributed by atoms with Crippen molar-refractivity contribution in [3.63, 3.8) is 0 Å². The molecule has 0 heterocycles. The molecular weight excluding hydrogens is 126 g/mol. The zero-order valence-electron chi connectivity index (χ0n) is 6.03. The normalized spacial score (nSPS) is 11.4. The van der Waals surface area contributed by atoms with Gasteiger partial charge in [-0.3, -0.25) is 9.80 Å². The molecule has 0 aromatic heterocycles. The lowest BCUT2D eigenvalue weighted by atomic mass is 10.5. The summed E-state index contributed by atoms with van der Waals surface area (Å²) in [6, 6.07) is 0. The van der Waals surface area contributed by atoms with Crippen LogP contribution in [0.25, 0.3) is 0 Å². The maximum atomic E-state index is 5.45. The molecule has 0 saturated heterocycles. The number of rotatable bonds is 5. The van der Waals surface area contributed by atoms with Gasteiger partial charge in [0.25, 0.3) is 0 Å². The zero-order chi connectivity index (χ0) is 7.98. The Balaban J connectivity index is 3.12. The molecule has 0 spiro atoms. The van der Waals surface area contributed by atoms with Crippen molar-refractivity contribution in [3.05, 3.63) is 21.1 Å². The molecule has 3 heteroatoms. The number of hydrogen-bond donors (Lipinski definition) is 1. The molecule has 0 aliphatic heterocycles. The molecule has 0 aliphatic carbocycles. The third-order valence-electron chi connectivity index (χ3n) is 1.06. The van der Waals surface area contributed by atoms with Crippen LogP contribution in [0.5, 0.6) is 0 Å². The molecule has 0 unspecified atom stereocenters. The van der Waals surface area contributed by atoms with E-state index in [1.54, 1.807) is 4.90 Å². The third kappa shape index (κ3) is 6.01. The van der Waals surface area contributed by atoms with Crippen LogP contribution >= 0.6 is 0 Å². The summed E-state index contributed by atoms with van der Waals surface area (Å²) in [6.45, 7) is 2.38. The van der Waals surface area contributed by atoms with E-state index in [1.165, 1.54) is 0 Å². The van der Waals surface area contributed by atoms with E-state index < -0.39 is 0 Å². The lowest BCUT2D eigenvalue weighted by Gasteiger charge is -2.16. The monoisotopic (exact) mass is 139 g/mol. The molecule has 2 N–H and O–H groups in total. The second kappa shape index (κ2) is 5.65. The molecular formula is C7H13N3. The molecule has 3 nitrogen and oxygen atoms in total. The second-order valence-corrected chi connectivity index (χ2v) is 2.06. The Labute approximate surface area is 63.8 Å². The van der Waals surface area contributed by atoms with Gasteiger partial charge in [-0.15, -0.1) is 0 Å². The first-order valence-corrected chi connectivity index (χ1v) is 3.13. The van der Waals surface area contributed by atoms with E-state index in [1.807, 2.05) is 0 Å². The Kier molecular flexibility index (Phi) is 5.58. The molecule has 0 amide bonds. The van der Waals surface area contributed by atoms with Crippen molar-refractivity contribution in [1.82, 2.24) is 9.80 Å². The van der Waals surface area contributed by atoms with Crippen LogP contribution in [0.3, 0.4) is 0 Å². The van der Waals surface area contributed by atoms with Gasteiger partial charge in [-0.1, -0.05) is 0 Å². The highest BCUT2D eigenvalue weighted by Crippen LogP contribution is 1.85. The molecule has 0 fully saturated rings. The van der Waals surface area contributed by atoms with E-state index in [4.69, 9.17) is 26.9 Å². The first kappa shape index (κ1) is 9.88. The van der Waals surface area contributed by atoms with Crippen LogP contribution in [0.2, 0.25) is 0 Å². The fraction of sp³-hybridized carbons (Fsp3) is 0.571. The zero-order valence-corrected chi connectivity index (χ0v) is 6.03. The SMILES string of the molecule is [CH]N([CH])CCN([CH])CCN. The van der Waals surface area contributed by atoms with Crippen molar-refractivity contribution in [2.45, 2.75) is 0 Å². The molecule has 0 aromatic rings. The van der Waals surface area contributed by atoms with Crippen molar-refractivity contribution in [3.8, 4) is 0 Å². The van der Waals surface area contributed by atoms with E-state index in [2.05, 4.69) is 0 Å². The van der Waals surface area contributed by atoms with Crippen molar-refractivity contribution in [2.75, 3.05) is 26.2 Å². The van der Waals surface area contributed by atoms with Crippen LogP contribution in [0, 0.1) is 21.1 Å². The van der Waals surface area contributed by atoms with Crippen molar-refractivity contribution < 1.29 is 0 Å². The van der Waals surface area contributed by atoms with Gasteiger partial charge in [-0.25, -0.2) is 0 Å². The minimum Gasteiger partial charge on any atom is -0.329 e. The highest BCUT2D eigenvalue weighted by Gasteiger charge is 1.96. The lowest BCUT2D eigenvalue weighted by Crippen LogP contribution is -2.29. The molecule has 0 aliphatic rings. The number of nitrogens with zero attached hydrogens (tertiary/aromatic N) is 2. The Morgan fingerprint density at radius 2 is 1.60 bits per heavy atom. The summed E-state index contributed by atoms with van der Waals surface area (Å²) in [6.07, 6.45) is 0. The fourth-order valence-electron chi connectivity index (χ4n) is 0.522. The van der Waals surface area contributed by atoms with Gasteiger partial charge in [0.1, 0.15) is 0 Å². The minimum atomic E-state index is 0.538. The summed E-state index contributed by atoms with van der Waals surface area (Å²) < 4.78 is 0. The molecule has 56 valence electrons.